The van der Waals surface area contributed by atoms with E-state index in [0.717, 1.165) is 34.9 Å². The van der Waals surface area contributed by atoms with Crippen LogP contribution in [0.15, 0.2) is 18.2 Å². The minimum absolute atomic E-state index is 0.215. The Labute approximate surface area is 132 Å². The number of rotatable bonds is 5. The van der Waals surface area contributed by atoms with Gasteiger partial charge in [0, 0.05) is 32.1 Å². The van der Waals surface area contributed by atoms with E-state index in [2.05, 4.69) is 26.8 Å². The Kier molecular flexibility index (Phi) is 4.17. The first-order chi connectivity index (χ1) is 10.6. The molecule has 0 saturated heterocycles. The number of hydrogen-bond acceptors (Lipinski definition) is 5. The number of imidazole rings is 1. The van der Waals surface area contributed by atoms with E-state index in [1.165, 1.54) is 23.7 Å². The Hall–Kier alpha value is -1.86. The zero-order valence-corrected chi connectivity index (χ0v) is 13.6. The van der Waals surface area contributed by atoms with Crippen molar-refractivity contribution >= 4 is 22.6 Å². The van der Waals surface area contributed by atoms with Crippen LogP contribution < -0.4 is 5.32 Å². The van der Waals surface area contributed by atoms with Gasteiger partial charge in [0.15, 0.2) is 0 Å². The summed E-state index contributed by atoms with van der Waals surface area (Å²) in [4.78, 5) is 5.67. The van der Waals surface area contributed by atoms with Crippen LogP contribution in [0.3, 0.4) is 0 Å². The van der Waals surface area contributed by atoms with Gasteiger partial charge in [-0.3, -0.25) is 0 Å². The second kappa shape index (κ2) is 6.10. The van der Waals surface area contributed by atoms with Crippen LogP contribution in [0.1, 0.15) is 29.4 Å². The molecule has 0 saturated carbocycles. The molecule has 0 fully saturated rings. The van der Waals surface area contributed by atoms with Crippen LogP contribution >= 0.6 is 11.5 Å². The lowest BCUT2D eigenvalue weighted by Crippen LogP contribution is -2.22. The molecule has 0 amide bonds. The van der Waals surface area contributed by atoms with Gasteiger partial charge in [-0.2, -0.15) is 0 Å². The van der Waals surface area contributed by atoms with Gasteiger partial charge >= 0.3 is 0 Å². The molecule has 116 valence electrons. The summed E-state index contributed by atoms with van der Waals surface area (Å²) in [6.07, 6.45) is 0.780. The normalized spacial score (nSPS) is 12.9. The predicted octanol–water partition coefficient (Wildman–Crippen LogP) is 2.77. The number of aromatic nitrogens is 4. The molecule has 0 aliphatic rings. The van der Waals surface area contributed by atoms with Crippen molar-refractivity contribution in [3.8, 4) is 0 Å². The van der Waals surface area contributed by atoms with Gasteiger partial charge in [-0.15, -0.1) is 5.10 Å². The van der Waals surface area contributed by atoms with E-state index < -0.39 is 0 Å². The first kappa shape index (κ1) is 15.1. The molecule has 3 rings (SSSR count). The third-order valence-corrected chi connectivity index (χ3v) is 4.82. The summed E-state index contributed by atoms with van der Waals surface area (Å²) in [5.41, 5.74) is 2.63. The summed E-state index contributed by atoms with van der Waals surface area (Å²) in [6, 6.07) is 4.92. The molecule has 1 aromatic carbocycles. The van der Waals surface area contributed by atoms with Crippen molar-refractivity contribution in [1.29, 1.82) is 0 Å². The second-order valence-electron chi connectivity index (χ2n) is 5.37. The Bertz CT molecular complexity index is 794. The summed E-state index contributed by atoms with van der Waals surface area (Å²) in [7, 11) is 1.96. The predicted molar refractivity (Wildman–Crippen MR) is 85.4 cm³/mol. The maximum atomic E-state index is 13.3. The van der Waals surface area contributed by atoms with Crippen LogP contribution in [0, 0.1) is 12.7 Å². The zero-order chi connectivity index (χ0) is 15.7. The molecule has 7 heteroatoms. The molecular weight excluding hydrogens is 301 g/mol. The van der Waals surface area contributed by atoms with Crippen LogP contribution in [-0.4, -0.2) is 25.7 Å². The van der Waals surface area contributed by atoms with Crippen LogP contribution in [-0.2, 0) is 13.5 Å². The van der Waals surface area contributed by atoms with Crippen molar-refractivity contribution in [2.45, 2.75) is 26.3 Å². The maximum Gasteiger partial charge on any atom is 0.125 e. The van der Waals surface area contributed by atoms with E-state index in [9.17, 15) is 4.39 Å². The van der Waals surface area contributed by atoms with Gasteiger partial charge in [0.1, 0.15) is 11.6 Å². The molecule has 1 atom stereocenters. The average Bonchev–Trinajstić information content (AvgIpc) is 3.03. The van der Waals surface area contributed by atoms with E-state index in [4.69, 9.17) is 0 Å². The number of benzene rings is 1. The number of fused-ring (bicyclic) bond motifs is 1. The van der Waals surface area contributed by atoms with E-state index in [1.807, 2.05) is 18.5 Å². The fourth-order valence-electron chi connectivity index (χ4n) is 2.57. The summed E-state index contributed by atoms with van der Waals surface area (Å²) in [5.74, 6) is 0.691. The third kappa shape index (κ3) is 2.86. The molecule has 0 radical (unpaired) electrons. The van der Waals surface area contributed by atoms with E-state index >= 15 is 0 Å². The standard InChI is InChI=1S/C15H18FN5S/c1-9(15-10(2)19-20-22-15)17-7-6-14-18-12-8-11(16)4-5-13(12)21(14)3/h4-5,8-9,17H,6-7H2,1-3H3. The van der Waals surface area contributed by atoms with Crippen molar-refractivity contribution in [2.24, 2.45) is 7.05 Å². The lowest BCUT2D eigenvalue weighted by Gasteiger charge is -2.11. The molecule has 0 bridgehead atoms. The molecule has 1 N–H and O–H groups in total. The smallest absolute Gasteiger partial charge is 0.125 e. The second-order valence-corrected chi connectivity index (χ2v) is 6.15. The SMILES string of the molecule is Cc1nnsc1C(C)NCCc1nc2cc(F)ccc2n1C. The Morgan fingerprint density at radius 2 is 2.23 bits per heavy atom. The van der Waals surface area contributed by atoms with Gasteiger partial charge in [0.25, 0.3) is 0 Å². The minimum Gasteiger partial charge on any atom is -0.331 e. The molecular formula is C15H18FN5S. The number of hydrogen-bond donors (Lipinski definition) is 1. The van der Waals surface area contributed by atoms with Gasteiger partial charge in [-0.05, 0) is 37.5 Å². The van der Waals surface area contributed by atoms with Gasteiger partial charge in [0.2, 0.25) is 0 Å². The topological polar surface area (TPSA) is 55.6 Å². The Morgan fingerprint density at radius 1 is 1.41 bits per heavy atom. The molecule has 0 spiro atoms. The van der Waals surface area contributed by atoms with Crippen molar-refractivity contribution in [1.82, 2.24) is 24.5 Å². The lowest BCUT2D eigenvalue weighted by molar-refractivity contribution is 0.570. The quantitative estimate of drug-likeness (QED) is 0.786. The summed E-state index contributed by atoms with van der Waals surface area (Å²) in [6.45, 7) is 4.86. The van der Waals surface area contributed by atoms with Gasteiger partial charge in [-0.25, -0.2) is 9.37 Å². The first-order valence-electron chi connectivity index (χ1n) is 7.19. The number of halogens is 1. The molecule has 0 aliphatic heterocycles. The van der Waals surface area contributed by atoms with Gasteiger partial charge in [0.05, 0.1) is 21.6 Å². The van der Waals surface area contributed by atoms with E-state index in [-0.39, 0.29) is 11.9 Å². The average molecular weight is 319 g/mol. The molecule has 2 aromatic heterocycles. The monoisotopic (exact) mass is 319 g/mol. The van der Waals surface area contributed by atoms with Gasteiger partial charge < -0.3 is 9.88 Å². The Balaban J connectivity index is 1.67. The van der Waals surface area contributed by atoms with E-state index in [1.54, 1.807) is 6.07 Å². The van der Waals surface area contributed by atoms with Crippen LogP contribution in [0.4, 0.5) is 4.39 Å². The largest absolute Gasteiger partial charge is 0.331 e. The minimum atomic E-state index is -0.253. The molecule has 22 heavy (non-hydrogen) atoms. The highest BCUT2D eigenvalue weighted by molar-refractivity contribution is 7.05. The van der Waals surface area contributed by atoms with Crippen LogP contribution in [0.2, 0.25) is 0 Å². The van der Waals surface area contributed by atoms with Crippen LogP contribution in [0.25, 0.3) is 11.0 Å². The molecule has 3 aromatic rings. The van der Waals surface area contributed by atoms with Crippen LogP contribution in [0.5, 0.6) is 0 Å². The fourth-order valence-corrected chi connectivity index (χ4v) is 3.24. The first-order valence-corrected chi connectivity index (χ1v) is 7.96. The number of nitrogens with one attached hydrogen (secondary N) is 1. The maximum absolute atomic E-state index is 13.3. The highest BCUT2D eigenvalue weighted by Crippen LogP contribution is 2.19. The number of aryl methyl sites for hydroxylation is 2. The van der Waals surface area contributed by atoms with Crippen molar-refractivity contribution in [3.63, 3.8) is 0 Å². The highest BCUT2D eigenvalue weighted by atomic mass is 32.1. The number of nitrogens with zero attached hydrogens (tertiary/aromatic N) is 4. The molecule has 1 unspecified atom stereocenters. The fraction of sp³-hybridized carbons (Fsp3) is 0.400. The molecule has 2 heterocycles. The van der Waals surface area contributed by atoms with Gasteiger partial charge in [-0.1, -0.05) is 4.49 Å². The third-order valence-electron chi connectivity index (χ3n) is 3.81. The zero-order valence-electron chi connectivity index (χ0n) is 12.8. The van der Waals surface area contributed by atoms with Crippen molar-refractivity contribution in [2.75, 3.05) is 6.54 Å². The Morgan fingerprint density at radius 3 is 2.95 bits per heavy atom. The van der Waals surface area contributed by atoms with Crippen molar-refractivity contribution in [3.05, 3.63) is 40.4 Å². The lowest BCUT2D eigenvalue weighted by atomic mass is 10.2. The summed E-state index contributed by atoms with van der Waals surface area (Å²) >= 11 is 1.43. The van der Waals surface area contributed by atoms with E-state index in [0.29, 0.717) is 5.52 Å². The van der Waals surface area contributed by atoms with Crippen molar-refractivity contribution < 1.29 is 4.39 Å². The molecule has 5 nitrogen and oxygen atoms in total. The summed E-state index contributed by atoms with van der Waals surface area (Å²) < 4.78 is 19.2. The summed E-state index contributed by atoms with van der Waals surface area (Å²) in [5, 5.41) is 7.49. The highest BCUT2D eigenvalue weighted by Gasteiger charge is 2.13. The molecule has 0 aliphatic carbocycles.